The van der Waals surface area contributed by atoms with Crippen molar-refractivity contribution in [2.24, 2.45) is 0 Å². The molecule has 0 spiro atoms. The first-order chi connectivity index (χ1) is 24.3. The Morgan fingerprint density at radius 3 is 1.80 bits per heavy atom. The maximum atomic E-state index is 6.83. The van der Waals surface area contributed by atoms with Crippen molar-refractivity contribution in [2.45, 2.75) is 5.41 Å². The minimum atomic E-state index is -0.511. The molecule has 9 aromatic rings. The van der Waals surface area contributed by atoms with Crippen LogP contribution in [0, 0.1) is 0 Å². The molecule has 0 N–H and O–H groups in total. The fourth-order valence-electron chi connectivity index (χ4n) is 8.35. The number of benzene rings is 8. The highest BCUT2D eigenvalue weighted by Crippen LogP contribution is 2.58. The van der Waals surface area contributed by atoms with Crippen molar-refractivity contribution in [1.82, 2.24) is 0 Å². The molecule has 1 heterocycles. The summed E-state index contributed by atoms with van der Waals surface area (Å²) in [5.41, 5.74) is 12.1. The van der Waals surface area contributed by atoms with E-state index in [-0.39, 0.29) is 0 Å². The molecule has 0 saturated carbocycles. The molecule has 10 rings (SSSR count). The van der Waals surface area contributed by atoms with Crippen molar-refractivity contribution in [1.29, 1.82) is 0 Å². The predicted octanol–water partition coefficient (Wildman–Crippen LogP) is 12.6. The lowest BCUT2D eigenvalue weighted by Gasteiger charge is -2.34. The number of fused-ring (bicyclic) bond motifs is 7. The maximum absolute atomic E-state index is 6.83. The fourth-order valence-corrected chi connectivity index (χ4v) is 8.35. The van der Waals surface area contributed by atoms with Gasteiger partial charge in [0.05, 0.1) is 11.1 Å². The Balaban J connectivity index is 1.25. The van der Waals surface area contributed by atoms with Gasteiger partial charge in [0, 0.05) is 33.6 Å². The average molecular weight is 626 g/mol. The third kappa shape index (κ3) is 4.01. The zero-order valence-electron chi connectivity index (χ0n) is 26.8. The van der Waals surface area contributed by atoms with Crippen LogP contribution in [0.15, 0.2) is 192 Å². The van der Waals surface area contributed by atoms with Crippen LogP contribution in [0.3, 0.4) is 0 Å². The van der Waals surface area contributed by atoms with Gasteiger partial charge in [-0.1, -0.05) is 146 Å². The van der Waals surface area contributed by atoms with Gasteiger partial charge in [-0.2, -0.15) is 0 Å². The zero-order valence-corrected chi connectivity index (χ0v) is 26.8. The number of nitrogens with zero attached hydrogens (tertiary/aromatic N) is 1. The Kier molecular flexibility index (Phi) is 6.13. The van der Waals surface area contributed by atoms with Crippen molar-refractivity contribution in [3.8, 4) is 11.1 Å². The second kappa shape index (κ2) is 10.8. The summed E-state index contributed by atoms with van der Waals surface area (Å²) in [6.45, 7) is 0. The molecule has 0 aliphatic heterocycles. The van der Waals surface area contributed by atoms with Gasteiger partial charge in [0.2, 0.25) is 0 Å². The molecule has 2 nitrogen and oxygen atoms in total. The molecule has 0 amide bonds. The summed E-state index contributed by atoms with van der Waals surface area (Å²) >= 11 is 0. The van der Waals surface area contributed by atoms with Gasteiger partial charge in [-0.15, -0.1) is 0 Å². The lowest BCUT2D eigenvalue weighted by molar-refractivity contribution is 0.667. The summed E-state index contributed by atoms with van der Waals surface area (Å²) < 4.78 is 6.83. The Labute approximate surface area is 285 Å². The second-order valence-electron chi connectivity index (χ2n) is 12.8. The quantitative estimate of drug-likeness (QED) is 0.189. The van der Waals surface area contributed by atoms with Gasteiger partial charge in [0.15, 0.2) is 0 Å². The van der Waals surface area contributed by atoms with Gasteiger partial charge in [-0.25, -0.2) is 0 Å². The van der Waals surface area contributed by atoms with E-state index >= 15 is 0 Å². The highest BCUT2D eigenvalue weighted by Gasteiger charge is 2.47. The molecule has 8 aromatic carbocycles. The molecular weight excluding hydrogens is 595 g/mol. The normalized spacial score (nSPS) is 13.1. The number of hydrogen-bond donors (Lipinski definition) is 0. The fraction of sp³-hybridized carbons (Fsp3) is 0.0213. The van der Waals surface area contributed by atoms with E-state index in [1.54, 1.807) is 0 Å². The highest BCUT2D eigenvalue weighted by molar-refractivity contribution is 6.10. The summed E-state index contributed by atoms with van der Waals surface area (Å²) in [4.78, 5) is 2.34. The van der Waals surface area contributed by atoms with E-state index in [0.29, 0.717) is 0 Å². The van der Waals surface area contributed by atoms with Crippen LogP contribution < -0.4 is 4.90 Å². The number of furan rings is 1. The van der Waals surface area contributed by atoms with Crippen molar-refractivity contribution in [3.05, 3.63) is 210 Å². The van der Waals surface area contributed by atoms with Gasteiger partial charge < -0.3 is 9.32 Å². The summed E-state index contributed by atoms with van der Waals surface area (Å²) in [6.07, 6.45) is 0. The third-order valence-corrected chi connectivity index (χ3v) is 10.3. The van der Waals surface area contributed by atoms with E-state index in [4.69, 9.17) is 4.42 Å². The number of rotatable bonds is 5. The van der Waals surface area contributed by atoms with E-state index in [0.717, 1.165) is 39.0 Å². The molecule has 1 aliphatic carbocycles. The van der Waals surface area contributed by atoms with Crippen LogP contribution >= 0.6 is 0 Å². The van der Waals surface area contributed by atoms with Crippen molar-refractivity contribution >= 4 is 49.8 Å². The Bertz CT molecular complexity index is 2620. The first-order valence-electron chi connectivity index (χ1n) is 16.9. The van der Waals surface area contributed by atoms with Gasteiger partial charge in [0.1, 0.15) is 11.2 Å². The molecule has 0 saturated heterocycles. The average Bonchev–Trinajstić information content (AvgIpc) is 3.70. The number of anilines is 3. The van der Waals surface area contributed by atoms with E-state index < -0.39 is 5.41 Å². The molecule has 230 valence electrons. The minimum Gasteiger partial charge on any atom is -0.456 e. The summed E-state index contributed by atoms with van der Waals surface area (Å²) in [7, 11) is 0. The summed E-state index contributed by atoms with van der Waals surface area (Å²) in [5, 5.41) is 4.66. The van der Waals surface area contributed by atoms with Crippen molar-refractivity contribution in [3.63, 3.8) is 0 Å². The van der Waals surface area contributed by atoms with Gasteiger partial charge in [0.25, 0.3) is 0 Å². The van der Waals surface area contributed by atoms with E-state index in [9.17, 15) is 0 Å². The van der Waals surface area contributed by atoms with Crippen LogP contribution in [0.2, 0.25) is 0 Å². The standard InChI is InChI=1S/C47H31NO/c1-3-17-33(18-4-1)47(40-24-11-9-22-37(40)38-23-10-12-25-41(38)47)42-26-14-28-44-46(42)39-30-29-35(31-45(39)49-44)48(34-19-5-2-6-20-34)43-27-13-16-32-15-7-8-21-36(32)43/h1-31H. The first-order valence-corrected chi connectivity index (χ1v) is 16.9. The van der Waals surface area contributed by atoms with Gasteiger partial charge in [-0.3, -0.25) is 0 Å². The van der Waals surface area contributed by atoms with E-state index in [1.807, 2.05) is 0 Å². The molecule has 0 atom stereocenters. The number of hydrogen-bond acceptors (Lipinski definition) is 2. The molecule has 2 heteroatoms. The second-order valence-corrected chi connectivity index (χ2v) is 12.8. The van der Waals surface area contributed by atoms with E-state index in [2.05, 4.69) is 193 Å². The van der Waals surface area contributed by atoms with Crippen LogP contribution in [-0.4, -0.2) is 0 Å². The lowest BCUT2D eigenvalue weighted by Crippen LogP contribution is -2.28. The topological polar surface area (TPSA) is 16.4 Å². The van der Waals surface area contributed by atoms with Crippen molar-refractivity contribution < 1.29 is 4.42 Å². The highest BCUT2D eigenvalue weighted by atomic mass is 16.3. The SMILES string of the molecule is c1ccc(N(c2ccc3c(c2)oc2cccc(C4(c5ccccc5)c5ccccc5-c5ccccc54)c23)c2cccc3ccccc23)cc1. The third-order valence-electron chi connectivity index (χ3n) is 10.3. The monoisotopic (exact) mass is 625 g/mol. The number of para-hydroxylation sites is 1. The summed E-state index contributed by atoms with van der Waals surface area (Å²) in [6, 6.07) is 67.8. The Hall–Kier alpha value is -6.38. The largest absolute Gasteiger partial charge is 0.456 e. The van der Waals surface area contributed by atoms with Gasteiger partial charge in [-0.05, 0) is 75.2 Å². The lowest BCUT2D eigenvalue weighted by atomic mass is 9.66. The predicted molar refractivity (Wildman–Crippen MR) is 203 cm³/mol. The minimum absolute atomic E-state index is 0.511. The smallest absolute Gasteiger partial charge is 0.137 e. The molecule has 0 unspecified atom stereocenters. The molecule has 1 aromatic heterocycles. The van der Waals surface area contributed by atoms with Crippen LogP contribution in [0.1, 0.15) is 22.3 Å². The van der Waals surface area contributed by atoms with Crippen LogP contribution in [0.25, 0.3) is 43.8 Å². The molecular formula is C47H31NO. The van der Waals surface area contributed by atoms with Gasteiger partial charge >= 0.3 is 0 Å². The molecule has 0 radical (unpaired) electrons. The van der Waals surface area contributed by atoms with Crippen LogP contribution in [-0.2, 0) is 5.41 Å². The Morgan fingerprint density at radius 1 is 0.408 bits per heavy atom. The molecule has 0 fully saturated rings. The summed E-state index contributed by atoms with van der Waals surface area (Å²) in [5.74, 6) is 0. The Morgan fingerprint density at radius 2 is 1.02 bits per heavy atom. The molecule has 0 bridgehead atoms. The molecule has 49 heavy (non-hydrogen) atoms. The van der Waals surface area contributed by atoms with Crippen LogP contribution in [0.4, 0.5) is 17.1 Å². The van der Waals surface area contributed by atoms with Crippen molar-refractivity contribution in [2.75, 3.05) is 4.90 Å². The van der Waals surface area contributed by atoms with Crippen LogP contribution in [0.5, 0.6) is 0 Å². The zero-order chi connectivity index (χ0) is 32.4. The van der Waals surface area contributed by atoms with E-state index in [1.165, 1.54) is 44.2 Å². The first kappa shape index (κ1) is 27.7. The molecule has 1 aliphatic rings. The maximum Gasteiger partial charge on any atom is 0.137 e.